The maximum atomic E-state index is 5.56. The summed E-state index contributed by atoms with van der Waals surface area (Å²) in [6, 6.07) is 0.568. The van der Waals surface area contributed by atoms with Gasteiger partial charge in [0.25, 0.3) is 0 Å². The minimum Gasteiger partial charge on any atom is -0.377 e. The molecule has 0 atom stereocenters. The summed E-state index contributed by atoms with van der Waals surface area (Å²) in [6.07, 6.45) is 2.42. The van der Waals surface area contributed by atoms with E-state index in [1.807, 2.05) is 0 Å². The number of hydrogen-bond acceptors (Lipinski definition) is 4. The van der Waals surface area contributed by atoms with Gasteiger partial charge in [-0.3, -0.25) is 0 Å². The Morgan fingerprint density at radius 3 is 2.69 bits per heavy atom. The summed E-state index contributed by atoms with van der Waals surface area (Å²) in [6.45, 7) is 0.969. The summed E-state index contributed by atoms with van der Waals surface area (Å²) in [5, 5.41) is 8.07. The summed E-state index contributed by atoms with van der Waals surface area (Å²) >= 11 is 0. The molecule has 0 amide bonds. The first-order valence-electron chi connectivity index (χ1n) is 4.48. The van der Waals surface area contributed by atoms with E-state index in [2.05, 4.69) is 14.8 Å². The van der Waals surface area contributed by atoms with Crippen LogP contribution in [0.4, 0.5) is 0 Å². The van der Waals surface area contributed by atoms with E-state index in [0.717, 1.165) is 11.6 Å². The van der Waals surface area contributed by atoms with Gasteiger partial charge >= 0.3 is 0 Å². The zero-order chi connectivity index (χ0) is 9.26. The van der Waals surface area contributed by atoms with Gasteiger partial charge in [0.2, 0.25) is 0 Å². The van der Waals surface area contributed by atoms with Crippen LogP contribution in [0.2, 0.25) is 0 Å². The Morgan fingerprint density at radius 2 is 2.15 bits per heavy atom. The molecule has 0 aliphatic heterocycles. The van der Waals surface area contributed by atoms with Gasteiger partial charge in [-0.25, -0.2) is 0 Å². The van der Waals surface area contributed by atoms with Gasteiger partial charge in [-0.15, -0.1) is 10.2 Å². The third-order valence-electron chi connectivity index (χ3n) is 2.21. The van der Waals surface area contributed by atoms with E-state index < -0.39 is 0 Å². The van der Waals surface area contributed by atoms with Crippen molar-refractivity contribution in [2.75, 3.05) is 7.11 Å². The topological polar surface area (TPSA) is 66.0 Å². The molecule has 13 heavy (non-hydrogen) atoms. The molecule has 2 rings (SSSR count). The van der Waals surface area contributed by atoms with Crippen LogP contribution in [0.5, 0.6) is 0 Å². The Kier molecular flexibility index (Phi) is 2.28. The Labute approximate surface area is 76.9 Å². The highest BCUT2D eigenvalue weighted by atomic mass is 16.5. The number of hydrogen-bond donors (Lipinski definition) is 1. The first-order chi connectivity index (χ1) is 6.36. The zero-order valence-corrected chi connectivity index (χ0v) is 7.73. The van der Waals surface area contributed by atoms with E-state index in [0.29, 0.717) is 19.2 Å². The van der Waals surface area contributed by atoms with Gasteiger partial charge in [-0.1, -0.05) is 0 Å². The van der Waals surface area contributed by atoms with Crippen LogP contribution < -0.4 is 5.73 Å². The molecular weight excluding hydrogens is 168 g/mol. The second kappa shape index (κ2) is 3.43. The van der Waals surface area contributed by atoms with Gasteiger partial charge < -0.3 is 15.0 Å². The fourth-order valence-electron chi connectivity index (χ4n) is 1.48. The number of rotatable bonds is 4. The molecule has 0 bridgehead atoms. The van der Waals surface area contributed by atoms with Crippen LogP contribution in [-0.2, 0) is 17.9 Å². The first-order valence-corrected chi connectivity index (χ1v) is 4.48. The van der Waals surface area contributed by atoms with E-state index in [-0.39, 0.29) is 0 Å². The lowest BCUT2D eigenvalue weighted by molar-refractivity contribution is 0.173. The number of ether oxygens (including phenoxy) is 1. The monoisotopic (exact) mass is 182 g/mol. The molecule has 1 heterocycles. The second-order valence-corrected chi connectivity index (χ2v) is 3.27. The van der Waals surface area contributed by atoms with E-state index in [4.69, 9.17) is 10.5 Å². The molecule has 0 radical (unpaired) electrons. The van der Waals surface area contributed by atoms with Crippen LogP contribution in [0.25, 0.3) is 0 Å². The highest BCUT2D eigenvalue weighted by Crippen LogP contribution is 2.36. The third kappa shape index (κ3) is 1.57. The van der Waals surface area contributed by atoms with Crippen molar-refractivity contribution in [2.24, 2.45) is 5.73 Å². The van der Waals surface area contributed by atoms with Crippen LogP contribution in [0.1, 0.15) is 30.5 Å². The predicted molar refractivity (Wildman–Crippen MR) is 46.9 cm³/mol. The van der Waals surface area contributed by atoms with Crippen molar-refractivity contribution in [1.29, 1.82) is 0 Å². The molecule has 1 saturated carbocycles. The van der Waals surface area contributed by atoms with E-state index in [1.54, 1.807) is 7.11 Å². The number of aromatic nitrogens is 3. The molecule has 5 heteroatoms. The van der Waals surface area contributed by atoms with Crippen LogP contribution in [0.15, 0.2) is 0 Å². The molecule has 0 saturated heterocycles. The van der Waals surface area contributed by atoms with Crippen molar-refractivity contribution in [2.45, 2.75) is 32.0 Å². The lowest BCUT2D eigenvalue weighted by atomic mass is 10.5. The largest absolute Gasteiger partial charge is 0.377 e. The number of nitrogens with zero attached hydrogens (tertiary/aromatic N) is 3. The van der Waals surface area contributed by atoms with E-state index in [9.17, 15) is 0 Å². The fourth-order valence-corrected chi connectivity index (χ4v) is 1.48. The SMILES string of the molecule is COCc1nnc(CN)n1C1CC1. The normalized spacial score (nSPS) is 16.5. The minimum atomic E-state index is 0.452. The molecule has 0 aromatic carbocycles. The van der Waals surface area contributed by atoms with Gasteiger partial charge in [-0.2, -0.15) is 0 Å². The summed E-state index contributed by atoms with van der Waals surface area (Å²) in [4.78, 5) is 0. The lowest BCUT2D eigenvalue weighted by Gasteiger charge is -2.06. The Morgan fingerprint density at radius 1 is 1.46 bits per heavy atom. The van der Waals surface area contributed by atoms with Gasteiger partial charge in [0.05, 0.1) is 6.54 Å². The summed E-state index contributed by atoms with van der Waals surface area (Å²) < 4.78 is 7.15. The molecule has 1 aromatic rings. The fraction of sp³-hybridized carbons (Fsp3) is 0.750. The van der Waals surface area contributed by atoms with Crippen molar-refractivity contribution in [3.8, 4) is 0 Å². The van der Waals surface area contributed by atoms with Crippen molar-refractivity contribution in [3.05, 3.63) is 11.6 Å². The maximum Gasteiger partial charge on any atom is 0.159 e. The highest BCUT2D eigenvalue weighted by molar-refractivity contribution is 5.01. The molecule has 0 unspecified atom stereocenters. The van der Waals surface area contributed by atoms with Crippen molar-refractivity contribution in [1.82, 2.24) is 14.8 Å². The Balaban J connectivity index is 2.27. The molecule has 1 fully saturated rings. The Bertz CT molecular complexity index is 292. The van der Waals surface area contributed by atoms with Crippen LogP contribution in [0.3, 0.4) is 0 Å². The third-order valence-corrected chi connectivity index (χ3v) is 2.21. The van der Waals surface area contributed by atoms with Crippen molar-refractivity contribution in [3.63, 3.8) is 0 Å². The van der Waals surface area contributed by atoms with E-state index in [1.165, 1.54) is 12.8 Å². The molecule has 2 N–H and O–H groups in total. The quantitative estimate of drug-likeness (QED) is 0.723. The molecule has 5 nitrogen and oxygen atoms in total. The summed E-state index contributed by atoms with van der Waals surface area (Å²) in [7, 11) is 1.66. The minimum absolute atomic E-state index is 0.452. The number of methoxy groups -OCH3 is 1. The van der Waals surface area contributed by atoms with Crippen molar-refractivity contribution < 1.29 is 4.74 Å². The molecule has 72 valence electrons. The van der Waals surface area contributed by atoms with Crippen molar-refractivity contribution >= 4 is 0 Å². The van der Waals surface area contributed by atoms with E-state index >= 15 is 0 Å². The molecule has 0 spiro atoms. The lowest BCUT2D eigenvalue weighted by Crippen LogP contribution is -2.10. The van der Waals surface area contributed by atoms with Crippen LogP contribution in [0, 0.1) is 0 Å². The number of nitrogens with two attached hydrogens (primary N) is 1. The average Bonchev–Trinajstić information content (AvgIpc) is 2.89. The maximum absolute atomic E-state index is 5.56. The predicted octanol–water partition coefficient (Wildman–Crippen LogP) is 0.218. The Hall–Kier alpha value is -0.940. The van der Waals surface area contributed by atoms with Gasteiger partial charge in [0.1, 0.15) is 12.4 Å². The molecule has 1 aliphatic carbocycles. The van der Waals surface area contributed by atoms with Crippen LogP contribution in [-0.4, -0.2) is 21.9 Å². The van der Waals surface area contributed by atoms with Crippen LogP contribution >= 0.6 is 0 Å². The molecule has 1 aromatic heterocycles. The smallest absolute Gasteiger partial charge is 0.159 e. The summed E-state index contributed by atoms with van der Waals surface area (Å²) in [5.41, 5.74) is 5.56. The standard InChI is InChI=1S/C8H14N4O/c1-13-5-8-11-10-7(4-9)12(8)6-2-3-6/h6H,2-5,9H2,1H3. The molecular formula is C8H14N4O. The zero-order valence-electron chi connectivity index (χ0n) is 7.73. The van der Waals surface area contributed by atoms with Gasteiger partial charge in [0, 0.05) is 13.2 Å². The average molecular weight is 182 g/mol. The first kappa shape index (κ1) is 8.65. The second-order valence-electron chi connectivity index (χ2n) is 3.27. The summed E-state index contributed by atoms with van der Waals surface area (Å²) in [5.74, 6) is 1.76. The highest BCUT2D eigenvalue weighted by Gasteiger charge is 2.28. The van der Waals surface area contributed by atoms with Gasteiger partial charge in [0.15, 0.2) is 5.82 Å². The molecule has 1 aliphatic rings. The van der Waals surface area contributed by atoms with Gasteiger partial charge in [-0.05, 0) is 12.8 Å².